The molecule has 0 spiro atoms. The van der Waals surface area contributed by atoms with Gasteiger partial charge in [0.2, 0.25) is 5.95 Å². The van der Waals surface area contributed by atoms with Gasteiger partial charge in [0.25, 0.3) is 0 Å². The molecule has 2 aromatic carbocycles. The summed E-state index contributed by atoms with van der Waals surface area (Å²) in [5.74, 6) is 1.29. The molecular weight excluding hydrogens is 514 g/mol. The van der Waals surface area contributed by atoms with E-state index < -0.39 is 12.0 Å². The average molecular weight is 538 g/mol. The summed E-state index contributed by atoms with van der Waals surface area (Å²) in [7, 11) is 3.11. The quantitative estimate of drug-likeness (QED) is 0.247. The van der Waals surface area contributed by atoms with Crippen LogP contribution in [0.15, 0.2) is 64.1 Å². The molecule has 190 valence electrons. The third-order valence-corrected chi connectivity index (χ3v) is 7.72. The number of carbonyl (C=O) groups excluding carboxylic acids is 1. The maximum Gasteiger partial charge on any atom is 0.338 e. The monoisotopic (exact) mass is 537 g/mol. The van der Waals surface area contributed by atoms with Crippen molar-refractivity contribution in [2.75, 3.05) is 31.9 Å². The molecule has 0 bridgehead atoms. The normalized spacial score (nSPS) is 14.6. The van der Waals surface area contributed by atoms with Gasteiger partial charge in [-0.15, -0.1) is 10.2 Å². The molecule has 1 atom stereocenters. The van der Waals surface area contributed by atoms with Crippen LogP contribution in [0.2, 0.25) is 0 Å². The molecule has 1 unspecified atom stereocenters. The maximum atomic E-state index is 13.4. The van der Waals surface area contributed by atoms with Crippen molar-refractivity contribution >= 4 is 35.0 Å². The number of fused-ring (bicyclic) bond motifs is 1. The minimum atomic E-state index is -0.708. The summed E-state index contributed by atoms with van der Waals surface area (Å²) in [6.07, 6.45) is 0. The number of nitrogens with one attached hydrogen (secondary N) is 1. The number of nitrogens with zero attached hydrogens (tertiary/aromatic N) is 6. The Bertz CT molecular complexity index is 1440. The topological polar surface area (TPSA) is 126 Å². The lowest BCUT2D eigenvalue weighted by molar-refractivity contribution is -0.139. The van der Waals surface area contributed by atoms with E-state index in [4.69, 9.17) is 14.2 Å². The van der Waals surface area contributed by atoms with Crippen LogP contribution >= 0.6 is 23.1 Å². The molecule has 5 rings (SSSR count). The molecule has 1 aliphatic rings. The van der Waals surface area contributed by atoms with Crippen molar-refractivity contribution in [3.05, 3.63) is 65.4 Å². The van der Waals surface area contributed by atoms with E-state index in [-0.39, 0.29) is 6.61 Å². The molecule has 2 aromatic heterocycles. The van der Waals surface area contributed by atoms with Crippen LogP contribution in [0.1, 0.15) is 18.5 Å². The number of hydrogen-bond acceptors (Lipinski definition) is 12. The number of rotatable bonds is 9. The predicted molar refractivity (Wildman–Crippen MR) is 139 cm³/mol. The minimum absolute atomic E-state index is 0.212. The lowest BCUT2D eigenvalue weighted by atomic mass is 9.94. The average Bonchev–Trinajstić information content (AvgIpc) is 3.61. The molecule has 0 fully saturated rings. The highest BCUT2D eigenvalue weighted by Gasteiger charge is 2.38. The standard InChI is InChI=1S/C24H23N7O4S2/c1-4-35-22(32)18-16(13-36-24-28-26-21(37-24)14-9-6-5-7-10-14)25-23-27-29-30-31(23)19(18)15-11-8-12-17(33-2)20(15)34-3/h5-12,19H,4,13H2,1-3H3,(H,25,27,30). The Morgan fingerprint density at radius 3 is 2.68 bits per heavy atom. The Labute approximate surface area is 220 Å². The Balaban J connectivity index is 1.55. The van der Waals surface area contributed by atoms with Crippen molar-refractivity contribution in [3.8, 4) is 22.1 Å². The van der Waals surface area contributed by atoms with Gasteiger partial charge in [0, 0.05) is 22.6 Å². The van der Waals surface area contributed by atoms with Crippen LogP contribution in [0.4, 0.5) is 5.95 Å². The molecule has 11 nitrogen and oxygen atoms in total. The number of esters is 1. The van der Waals surface area contributed by atoms with Crippen LogP contribution in [0.25, 0.3) is 10.6 Å². The van der Waals surface area contributed by atoms with Crippen molar-refractivity contribution in [1.29, 1.82) is 0 Å². The number of thioether (sulfide) groups is 1. The van der Waals surface area contributed by atoms with E-state index in [1.165, 1.54) is 27.8 Å². The van der Waals surface area contributed by atoms with Gasteiger partial charge >= 0.3 is 5.97 Å². The third-order valence-electron chi connectivity index (χ3n) is 5.59. The maximum absolute atomic E-state index is 13.4. The molecule has 1 aliphatic heterocycles. The van der Waals surface area contributed by atoms with E-state index in [0.29, 0.717) is 40.0 Å². The fraction of sp³-hybridized carbons (Fsp3) is 0.250. The van der Waals surface area contributed by atoms with Crippen molar-refractivity contribution in [2.45, 2.75) is 17.3 Å². The zero-order valence-corrected chi connectivity index (χ0v) is 21.9. The van der Waals surface area contributed by atoms with Crippen molar-refractivity contribution < 1.29 is 19.0 Å². The van der Waals surface area contributed by atoms with E-state index in [2.05, 4.69) is 31.0 Å². The number of carbonyl (C=O) groups is 1. The first-order valence-corrected chi connectivity index (χ1v) is 13.1. The first-order chi connectivity index (χ1) is 18.1. The Hall–Kier alpha value is -3.97. The van der Waals surface area contributed by atoms with Gasteiger partial charge in [0.05, 0.1) is 26.4 Å². The van der Waals surface area contributed by atoms with Gasteiger partial charge in [0.1, 0.15) is 11.0 Å². The van der Waals surface area contributed by atoms with Crippen molar-refractivity contribution in [2.24, 2.45) is 0 Å². The van der Waals surface area contributed by atoms with Gasteiger partial charge in [-0.2, -0.15) is 4.68 Å². The first kappa shape index (κ1) is 24.7. The summed E-state index contributed by atoms with van der Waals surface area (Å²) in [5, 5.41) is 24.8. The molecular formula is C24H23N7O4S2. The summed E-state index contributed by atoms with van der Waals surface area (Å²) < 4.78 is 19.0. The number of anilines is 1. The molecule has 0 amide bonds. The first-order valence-electron chi connectivity index (χ1n) is 11.3. The van der Waals surface area contributed by atoms with Crippen molar-refractivity contribution in [3.63, 3.8) is 0 Å². The van der Waals surface area contributed by atoms with Gasteiger partial charge in [-0.25, -0.2) is 4.79 Å². The SMILES string of the molecule is CCOC(=O)C1=C(CSc2nnc(-c3ccccc3)s2)Nc2nnnn2C1c1cccc(OC)c1OC. The molecule has 0 aliphatic carbocycles. The molecule has 0 radical (unpaired) electrons. The summed E-state index contributed by atoms with van der Waals surface area (Å²) in [5.41, 5.74) is 2.63. The Morgan fingerprint density at radius 2 is 1.92 bits per heavy atom. The largest absolute Gasteiger partial charge is 0.493 e. The number of methoxy groups -OCH3 is 2. The highest BCUT2D eigenvalue weighted by atomic mass is 32.2. The van der Waals surface area contributed by atoms with Crippen LogP contribution in [-0.2, 0) is 9.53 Å². The summed E-state index contributed by atoms with van der Waals surface area (Å²) in [6.45, 7) is 1.98. The van der Waals surface area contributed by atoms with Crippen LogP contribution < -0.4 is 14.8 Å². The van der Waals surface area contributed by atoms with E-state index in [1.54, 1.807) is 27.2 Å². The van der Waals surface area contributed by atoms with Gasteiger partial charge in [-0.1, -0.05) is 70.7 Å². The number of aromatic nitrogens is 6. The number of benzene rings is 2. The van der Waals surface area contributed by atoms with Gasteiger partial charge < -0.3 is 19.5 Å². The summed E-state index contributed by atoms with van der Waals surface area (Å²) in [4.78, 5) is 13.4. The molecule has 37 heavy (non-hydrogen) atoms. The Morgan fingerprint density at radius 1 is 1.08 bits per heavy atom. The smallest absolute Gasteiger partial charge is 0.338 e. The highest BCUT2D eigenvalue weighted by Crippen LogP contribution is 2.43. The van der Waals surface area contributed by atoms with Gasteiger partial charge in [0.15, 0.2) is 15.8 Å². The van der Waals surface area contributed by atoms with Crippen LogP contribution in [0, 0.1) is 0 Å². The van der Waals surface area contributed by atoms with E-state index in [0.717, 1.165) is 14.9 Å². The second kappa shape index (κ2) is 11.0. The van der Waals surface area contributed by atoms with E-state index >= 15 is 0 Å². The van der Waals surface area contributed by atoms with Crippen LogP contribution in [0.5, 0.6) is 11.5 Å². The molecule has 13 heteroatoms. The van der Waals surface area contributed by atoms with Gasteiger partial charge in [-0.05, 0) is 23.4 Å². The molecule has 1 N–H and O–H groups in total. The molecule has 0 saturated heterocycles. The van der Waals surface area contributed by atoms with E-state index in [1.807, 2.05) is 42.5 Å². The molecule has 3 heterocycles. The number of ether oxygens (including phenoxy) is 3. The predicted octanol–water partition coefficient (Wildman–Crippen LogP) is 3.83. The lowest BCUT2D eigenvalue weighted by Gasteiger charge is -2.29. The second-order valence-electron chi connectivity index (χ2n) is 7.70. The van der Waals surface area contributed by atoms with E-state index in [9.17, 15) is 4.79 Å². The zero-order chi connectivity index (χ0) is 25.8. The van der Waals surface area contributed by atoms with Crippen LogP contribution in [-0.4, -0.2) is 63.0 Å². The second-order valence-corrected chi connectivity index (χ2v) is 9.90. The molecule has 0 saturated carbocycles. The number of hydrogen-bond donors (Lipinski definition) is 1. The zero-order valence-electron chi connectivity index (χ0n) is 20.2. The lowest BCUT2D eigenvalue weighted by Crippen LogP contribution is -2.31. The minimum Gasteiger partial charge on any atom is -0.493 e. The summed E-state index contributed by atoms with van der Waals surface area (Å²) in [6, 6.07) is 14.6. The van der Waals surface area contributed by atoms with Crippen LogP contribution in [0.3, 0.4) is 0 Å². The fourth-order valence-corrected chi connectivity index (χ4v) is 5.84. The number of tetrazole rings is 1. The highest BCUT2D eigenvalue weighted by molar-refractivity contribution is 8.01. The summed E-state index contributed by atoms with van der Waals surface area (Å²) >= 11 is 2.94. The van der Waals surface area contributed by atoms with Gasteiger partial charge in [-0.3, -0.25) is 0 Å². The molecule has 4 aromatic rings. The Kier molecular flexibility index (Phi) is 7.32. The third kappa shape index (κ3) is 4.87. The van der Waals surface area contributed by atoms with Crippen molar-refractivity contribution in [1.82, 2.24) is 30.4 Å². The number of para-hydroxylation sites is 1. The fourth-order valence-electron chi connectivity index (χ4n) is 4.01.